The number of aryl methyl sites for hydroxylation is 1. The predicted molar refractivity (Wildman–Crippen MR) is 75.0 cm³/mol. The number of hydrogen-bond acceptors (Lipinski definition) is 3. The molecule has 0 spiro atoms. The molecule has 108 valence electrons. The van der Waals surface area contributed by atoms with E-state index >= 15 is 0 Å². The van der Waals surface area contributed by atoms with Gasteiger partial charge in [-0.15, -0.1) is 0 Å². The Morgan fingerprint density at radius 1 is 1.47 bits per heavy atom. The minimum atomic E-state index is -3.41. The third-order valence-corrected chi connectivity index (χ3v) is 5.57. The molecule has 2 rings (SSSR count). The predicted octanol–water partition coefficient (Wildman–Crippen LogP) is 1.20. The highest BCUT2D eigenvalue weighted by atomic mass is 32.2. The summed E-state index contributed by atoms with van der Waals surface area (Å²) in [7, 11) is -1.60. The summed E-state index contributed by atoms with van der Waals surface area (Å²) < 4.78 is 28.9. The average Bonchev–Trinajstić information content (AvgIpc) is 2.93. The van der Waals surface area contributed by atoms with Gasteiger partial charge in [0.1, 0.15) is 0 Å². The molecular formula is C13H23N3O2S. The van der Waals surface area contributed by atoms with E-state index < -0.39 is 10.0 Å². The molecule has 1 aliphatic carbocycles. The molecule has 0 aliphatic heterocycles. The first-order valence-corrected chi connectivity index (χ1v) is 8.27. The van der Waals surface area contributed by atoms with Crippen LogP contribution in [0.15, 0.2) is 17.2 Å². The number of sulfonamides is 1. The molecule has 0 saturated heterocycles. The molecule has 6 heteroatoms. The number of rotatable bonds is 5. The van der Waals surface area contributed by atoms with E-state index in [9.17, 15) is 8.42 Å². The fourth-order valence-electron chi connectivity index (χ4n) is 2.75. The van der Waals surface area contributed by atoms with E-state index in [0.717, 1.165) is 12.1 Å². The number of hydrogen-bond donors (Lipinski definition) is 2. The third-order valence-electron chi connectivity index (χ3n) is 4.18. The van der Waals surface area contributed by atoms with Crippen LogP contribution in [-0.4, -0.2) is 19.5 Å². The van der Waals surface area contributed by atoms with Gasteiger partial charge in [-0.3, -0.25) is 0 Å². The monoisotopic (exact) mass is 285 g/mol. The van der Waals surface area contributed by atoms with Crippen LogP contribution < -0.4 is 10.5 Å². The first-order chi connectivity index (χ1) is 8.94. The summed E-state index contributed by atoms with van der Waals surface area (Å²) in [5.74, 6) is 1.07. The molecule has 5 nitrogen and oxygen atoms in total. The Balaban J connectivity index is 2.05. The van der Waals surface area contributed by atoms with Crippen LogP contribution in [0.4, 0.5) is 0 Å². The molecule has 2 unspecified atom stereocenters. The number of nitrogens with two attached hydrogens (primary N) is 1. The fourth-order valence-corrected chi connectivity index (χ4v) is 3.94. The summed E-state index contributed by atoms with van der Waals surface area (Å²) >= 11 is 0. The molecule has 1 heterocycles. The number of aromatic nitrogens is 1. The molecule has 1 aromatic rings. The van der Waals surface area contributed by atoms with E-state index in [1.807, 2.05) is 0 Å². The molecule has 1 saturated carbocycles. The van der Waals surface area contributed by atoms with Gasteiger partial charge in [0.2, 0.25) is 10.0 Å². The summed E-state index contributed by atoms with van der Waals surface area (Å²) in [6, 6.07) is 1.64. The first kappa shape index (κ1) is 14.6. The quantitative estimate of drug-likeness (QED) is 0.853. The molecule has 0 amide bonds. The van der Waals surface area contributed by atoms with Crippen LogP contribution >= 0.6 is 0 Å². The maximum atomic E-state index is 12.2. The largest absolute Gasteiger partial charge is 0.352 e. The van der Waals surface area contributed by atoms with Gasteiger partial charge >= 0.3 is 0 Å². The van der Waals surface area contributed by atoms with E-state index in [4.69, 9.17) is 5.73 Å². The summed E-state index contributed by atoms with van der Waals surface area (Å²) in [6.07, 6.45) is 5.14. The van der Waals surface area contributed by atoms with Crippen LogP contribution in [0.2, 0.25) is 0 Å². The van der Waals surface area contributed by atoms with Gasteiger partial charge in [-0.05, 0) is 24.3 Å². The second kappa shape index (κ2) is 5.64. The highest BCUT2D eigenvalue weighted by Gasteiger charge is 2.25. The van der Waals surface area contributed by atoms with Crippen molar-refractivity contribution in [3.05, 3.63) is 18.0 Å². The lowest BCUT2D eigenvalue weighted by Crippen LogP contribution is -2.30. The van der Waals surface area contributed by atoms with Crippen molar-refractivity contribution in [1.29, 1.82) is 0 Å². The van der Waals surface area contributed by atoms with Crippen molar-refractivity contribution in [1.82, 2.24) is 9.29 Å². The summed E-state index contributed by atoms with van der Waals surface area (Å²) in [5, 5.41) is 0. The van der Waals surface area contributed by atoms with Gasteiger partial charge in [0, 0.05) is 32.0 Å². The zero-order valence-electron chi connectivity index (χ0n) is 11.6. The third kappa shape index (κ3) is 3.19. The van der Waals surface area contributed by atoms with Crippen molar-refractivity contribution in [2.24, 2.45) is 24.6 Å². The molecule has 1 aromatic heterocycles. The molecule has 3 N–H and O–H groups in total. The topological polar surface area (TPSA) is 77.1 Å². The molecule has 19 heavy (non-hydrogen) atoms. The van der Waals surface area contributed by atoms with Crippen molar-refractivity contribution in [2.75, 3.05) is 6.54 Å². The second-order valence-corrected chi connectivity index (χ2v) is 7.27. The number of nitrogens with zero attached hydrogens (tertiary/aromatic N) is 1. The standard InChI is InChI=1S/C13H23N3O2S/c1-10-4-3-5-11(10)8-15-19(17,18)13-6-12(7-14)16(2)9-13/h6,9-11,15H,3-5,7-8,14H2,1-2H3. The molecule has 1 fully saturated rings. The van der Waals surface area contributed by atoms with E-state index in [2.05, 4.69) is 11.6 Å². The SMILES string of the molecule is CC1CCCC1CNS(=O)(=O)c1cc(CN)n(C)c1. The van der Waals surface area contributed by atoms with Crippen molar-refractivity contribution in [2.45, 2.75) is 37.6 Å². The van der Waals surface area contributed by atoms with Gasteiger partial charge in [0.05, 0.1) is 4.90 Å². The molecule has 0 aromatic carbocycles. The molecule has 0 bridgehead atoms. The van der Waals surface area contributed by atoms with Crippen LogP contribution in [0, 0.1) is 11.8 Å². The van der Waals surface area contributed by atoms with Gasteiger partial charge in [0.15, 0.2) is 0 Å². The maximum absolute atomic E-state index is 12.2. The van der Waals surface area contributed by atoms with E-state index in [-0.39, 0.29) is 0 Å². The van der Waals surface area contributed by atoms with Crippen molar-refractivity contribution >= 4 is 10.0 Å². The zero-order chi connectivity index (χ0) is 14.0. The van der Waals surface area contributed by atoms with E-state index in [1.54, 1.807) is 23.9 Å². The lowest BCUT2D eigenvalue weighted by atomic mass is 9.99. The van der Waals surface area contributed by atoms with Gasteiger partial charge in [-0.25, -0.2) is 13.1 Å². The van der Waals surface area contributed by atoms with Crippen LogP contribution in [-0.2, 0) is 23.6 Å². The Hall–Kier alpha value is -0.850. The van der Waals surface area contributed by atoms with Crippen molar-refractivity contribution < 1.29 is 8.42 Å². The molecule has 0 radical (unpaired) electrons. The van der Waals surface area contributed by atoms with Crippen molar-refractivity contribution in [3.8, 4) is 0 Å². The summed E-state index contributed by atoms with van der Waals surface area (Å²) in [5.41, 5.74) is 6.38. The van der Waals surface area contributed by atoms with Gasteiger partial charge in [-0.1, -0.05) is 19.8 Å². The zero-order valence-corrected chi connectivity index (χ0v) is 12.4. The lowest BCUT2D eigenvalue weighted by Gasteiger charge is -2.15. The fraction of sp³-hybridized carbons (Fsp3) is 0.692. The Kier molecular flexibility index (Phi) is 4.32. The minimum Gasteiger partial charge on any atom is -0.352 e. The average molecular weight is 285 g/mol. The van der Waals surface area contributed by atoms with Gasteiger partial charge in [-0.2, -0.15) is 0 Å². The summed E-state index contributed by atoms with van der Waals surface area (Å²) in [4.78, 5) is 0.307. The van der Waals surface area contributed by atoms with Gasteiger partial charge in [0.25, 0.3) is 0 Å². The normalized spacial score (nSPS) is 23.9. The summed E-state index contributed by atoms with van der Waals surface area (Å²) in [6.45, 7) is 3.07. The van der Waals surface area contributed by atoms with E-state index in [1.165, 1.54) is 12.8 Å². The van der Waals surface area contributed by atoms with Crippen LogP contribution in [0.1, 0.15) is 31.9 Å². The lowest BCUT2D eigenvalue weighted by molar-refractivity contribution is 0.414. The van der Waals surface area contributed by atoms with Crippen molar-refractivity contribution in [3.63, 3.8) is 0 Å². The Morgan fingerprint density at radius 3 is 2.74 bits per heavy atom. The second-order valence-electron chi connectivity index (χ2n) is 5.50. The van der Waals surface area contributed by atoms with Crippen LogP contribution in [0.3, 0.4) is 0 Å². The van der Waals surface area contributed by atoms with Gasteiger partial charge < -0.3 is 10.3 Å². The maximum Gasteiger partial charge on any atom is 0.242 e. The highest BCUT2D eigenvalue weighted by molar-refractivity contribution is 7.89. The van der Waals surface area contributed by atoms with E-state index in [0.29, 0.717) is 29.8 Å². The Labute approximate surface area is 115 Å². The Morgan fingerprint density at radius 2 is 2.21 bits per heavy atom. The van der Waals surface area contributed by atoms with Crippen LogP contribution in [0.5, 0.6) is 0 Å². The highest BCUT2D eigenvalue weighted by Crippen LogP contribution is 2.30. The van der Waals surface area contributed by atoms with Crippen LogP contribution in [0.25, 0.3) is 0 Å². The molecular weight excluding hydrogens is 262 g/mol. The first-order valence-electron chi connectivity index (χ1n) is 6.79. The Bertz CT molecular complexity index is 536. The molecule has 2 atom stereocenters. The smallest absolute Gasteiger partial charge is 0.242 e. The minimum absolute atomic E-state index is 0.307. The molecule has 1 aliphatic rings. The number of nitrogens with one attached hydrogen (secondary N) is 1.